The zero-order valence-corrected chi connectivity index (χ0v) is 30.3. The SMILES string of the molecule is CC(C)C[C@@H]1NC(=O)[C@H]2CCCN2C(=O)[C@@H](CC(C)C)NC(=O)c2ccccc2OCc2cn(nn2)CCOc2ccc(cc2)CCN(C)C1=O. The van der Waals surface area contributed by atoms with E-state index in [2.05, 4.69) is 20.9 Å². The van der Waals surface area contributed by atoms with Gasteiger partial charge in [0.1, 0.15) is 48.5 Å². The molecule has 2 N–H and O–H groups in total. The van der Waals surface area contributed by atoms with Gasteiger partial charge in [-0.3, -0.25) is 19.2 Å². The predicted octanol–water partition coefficient (Wildman–Crippen LogP) is 3.62. The molecule has 1 saturated heterocycles. The van der Waals surface area contributed by atoms with E-state index in [0.29, 0.717) is 75.5 Å². The van der Waals surface area contributed by atoms with E-state index in [-0.39, 0.29) is 41.7 Å². The van der Waals surface area contributed by atoms with Gasteiger partial charge in [0.15, 0.2) is 0 Å². The van der Waals surface area contributed by atoms with Gasteiger partial charge in [-0.15, -0.1) is 5.10 Å². The van der Waals surface area contributed by atoms with Gasteiger partial charge >= 0.3 is 0 Å². The lowest BCUT2D eigenvalue weighted by molar-refractivity contribution is -0.142. The van der Waals surface area contributed by atoms with Gasteiger partial charge in [0.2, 0.25) is 17.7 Å². The molecule has 1 aromatic heterocycles. The molecule has 4 heterocycles. The summed E-state index contributed by atoms with van der Waals surface area (Å²) in [5, 5.41) is 14.3. The molecule has 3 aliphatic heterocycles. The quantitative estimate of drug-likeness (QED) is 0.420. The number of hydrogen-bond acceptors (Lipinski definition) is 8. The van der Waals surface area contributed by atoms with E-state index in [9.17, 15) is 19.2 Å². The number of hydrogen-bond donors (Lipinski definition) is 2. The second-order valence-electron chi connectivity index (χ2n) is 14.3. The fourth-order valence-electron chi connectivity index (χ4n) is 6.52. The fraction of sp³-hybridized carbons (Fsp3) is 0.526. The summed E-state index contributed by atoms with van der Waals surface area (Å²) in [7, 11) is 1.75. The molecule has 0 unspecified atom stereocenters. The van der Waals surface area contributed by atoms with Crippen molar-refractivity contribution in [2.75, 3.05) is 26.7 Å². The number of rotatable bonds is 4. The maximum atomic E-state index is 14.1. The number of carbonyl (C=O) groups excluding carboxylic acids is 4. The van der Waals surface area contributed by atoms with Crippen molar-refractivity contribution in [2.45, 2.75) is 91.1 Å². The van der Waals surface area contributed by atoms with Crippen LogP contribution in [-0.4, -0.2) is 93.3 Å². The number of aromatic nitrogens is 3. The molecule has 51 heavy (non-hydrogen) atoms. The first-order valence-corrected chi connectivity index (χ1v) is 18.0. The Balaban J connectivity index is 1.41. The molecule has 3 aromatic rings. The number of likely N-dealkylation sites (N-methyl/N-ethyl adjacent to an activating group) is 1. The van der Waals surface area contributed by atoms with Crippen LogP contribution in [0.1, 0.15) is 75.0 Å². The van der Waals surface area contributed by atoms with Crippen molar-refractivity contribution in [1.29, 1.82) is 0 Å². The minimum Gasteiger partial charge on any atom is -0.492 e. The monoisotopic (exact) mass is 701 g/mol. The largest absolute Gasteiger partial charge is 0.492 e. The molecule has 1 fully saturated rings. The molecule has 4 amide bonds. The lowest BCUT2D eigenvalue weighted by atomic mass is 10.0. The highest BCUT2D eigenvalue weighted by molar-refractivity contribution is 6.00. The zero-order chi connectivity index (χ0) is 36.5. The Labute approximate surface area is 300 Å². The van der Waals surface area contributed by atoms with Gasteiger partial charge in [-0.2, -0.15) is 0 Å². The van der Waals surface area contributed by atoms with Crippen molar-refractivity contribution in [3.8, 4) is 11.5 Å². The molecule has 0 radical (unpaired) electrons. The molecule has 3 aliphatic rings. The standard InChI is InChI=1S/C38H51N7O6/c1-25(2)21-31-37(48)43(5)18-16-27-12-14-29(15-13-27)50-20-19-44-23-28(41-42-44)24-51-34-11-7-6-9-30(34)35(46)39-32(22-26(3)4)38(49)45-17-8-10-33(45)36(47)40-31/h6-7,9,11-15,23,25-26,31-33H,8,10,16-22,24H2,1-5H3,(H,39,46)(H,40,47)/t31-,32+,33+/m0/s1. The number of para-hydroxylation sites is 1. The average molecular weight is 702 g/mol. The fourth-order valence-corrected chi connectivity index (χ4v) is 6.52. The van der Waals surface area contributed by atoms with Crippen molar-refractivity contribution in [3.05, 3.63) is 71.5 Å². The maximum Gasteiger partial charge on any atom is 0.255 e. The van der Waals surface area contributed by atoms with Gasteiger partial charge in [-0.05, 0) is 73.8 Å². The van der Waals surface area contributed by atoms with Crippen molar-refractivity contribution in [3.63, 3.8) is 0 Å². The molecule has 0 saturated carbocycles. The van der Waals surface area contributed by atoms with Crippen LogP contribution >= 0.6 is 0 Å². The van der Waals surface area contributed by atoms with Crippen LogP contribution < -0.4 is 20.1 Å². The van der Waals surface area contributed by atoms with Crippen LogP contribution in [0.15, 0.2) is 54.7 Å². The smallest absolute Gasteiger partial charge is 0.255 e. The highest BCUT2D eigenvalue weighted by Gasteiger charge is 2.39. The van der Waals surface area contributed by atoms with Crippen LogP contribution in [0.4, 0.5) is 0 Å². The van der Waals surface area contributed by atoms with E-state index >= 15 is 0 Å². The lowest BCUT2D eigenvalue weighted by Crippen LogP contribution is -2.56. The molecule has 0 aliphatic carbocycles. The number of nitrogens with one attached hydrogen (secondary N) is 2. The molecule has 4 bridgehead atoms. The first-order valence-electron chi connectivity index (χ1n) is 18.0. The normalized spacial score (nSPS) is 21.4. The van der Waals surface area contributed by atoms with Crippen LogP contribution in [0, 0.1) is 11.8 Å². The lowest BCUT2D eigenvalue weighted by Gasteiger charge is -2.31. The van der Waals surface area contributed by atoms with E-state index in [4.69, 9.17) is 9.47 Å². The van der Waals surface area contributed by atoms with Crippen LogP contribution in [0.5, 0.6) is 11.5 Å². The Morgan fingerprint density at radius 1 is 0.843 bits per heavy atom. The van der Waals surface area contributed by atoms with Crippen LogP contribution in [-0.2, 0) is 34.0 Å². The van der Waals surface area contributed by atoms with Crippen molar-refractivity contribution < 1.29 is 28.7 Å². The summed E-state index contributed by atoms with van der Waals surface area (Å²) in [5.74, 6) is -0.0151. The minimum atomic E-state index is -0.864. The summed E-state index contributed by atoms with van der Waals surface area (Å²) >= 11 is 0. The van der Waals surface area contributed by atoms with Crippen LogP contribution in [0.2, 0.25) is 0 Å². The van der Waals surface area contributed by atoms with E-state index in [1.54, 1.807) is 52.0 Å². The Morgan fingerprint density at radius 2 is 1.55 bits per heavy atom. The summed E-state index contributed by atoms with van der Waals surface area (Å²) in [6.45, 7) is 9.77. The van der Waals surface area contributed by atoms with Crippen molar-refractivity contribution in [1.82, 2.24) is 35.4 Å². The Bertz CT molecular complexity index is 1660. The van der Waals surface area contributed by atoms with E-state index < -0.39 is 24.0 Å². The molecule has 274 valence electrons. The highest BCUT2D eigenvalue weighted by Crippen LogP contribution is 2.24. The second kappa shape index (κ2) is 17.3. The summed E-state index contributed by atoms with van der Waals surface area (Å²) in [5.41, 5.74) is 1.91. The summed E-state index contributed by atoms with van der Waals surface area (Å²) in [4.78, 5) is 58.7. The van der Waals surface area contributed by atoms with Crippen molar-refractivity contribution >= 4 is 23.6 Å². The molecule has 13 nitrogen and oxygen atoms in total. The Hall–Kier alpha value is -4.94. The molecule has 3 atom stereocenters. The third kappa shape index (κ3) is 10.1. The first-order chi connectivity index (χ1) is 24.5. The topological polar surface area (TPSA) is 148 Å². The van der Waals surface area contributed by atoms with E-state index in [1.807, 2.05) is 52.0 Å². The van der Waals surface area contributed by atoms with Gasteiger partial charge in [0.25, 0.3) is 5.91 Å². The maximum absolute atomic E-state index is 14.1. The summed E-state index contributed by atoms with van der Waals surface area (Å²) in [6.07, 6.45) is 4.36. The third-order valence-corrected chi connectivity index (χ3v) is 9.19. The van der Waals surface area contributed by atoms with Gasteiger partial charge in [0.05, 0.1) is 18.3 Å². The van der Waals surface area contributed by atoms with Gasteiger partial charge < -0.3 is 29.9 Å². The second-order valence-corrected chi connectivity index (χ2v) is 14.3. The average Bonchev–Trinajstić information content (AvgIpc) is 3.79. The van der Waals surface area contributed by atoms with Gasteiger partial charge in [-0.25, -0.2) is 4.68 Å². The molecule has 6 rings (SSSR count). The van der Waals surface area contributed by atoms with E-state index in [1.165, 1.54) is 0 Å². The molecular weight excluding hydrogens is 650 g/mol. The van der Waals surface area contributed by atoms with Crippen molar-refractivity contribution in [2.24, 2.45) is 11.8 Å². The van der Waals surface area contributed by atoms with E-state index in [0.717, 1.165) is 5.56 Å². The summed E-state index contributed by atoms with van der Waals surface area (Å²) < 4.78 is 13.6. The minimum absolute atomic E-state index is 0.0831. The number of amides is 4. The molecule has 0 spiro atoms. The third-order valence-electron chi connectivity index (χ3n) is 9.19. The number of ether oxygens (including phenoxy) is 2. The number of fused-ring (bicyclic) bond motifs is 14. The number of benzene rings is 2. The van der Waals surface area contributed by atoms with Crippen LogP contribution in [0.25, 0.3) is 0 Å². The van der Waals surface area contributed by atoms with Crippen LogP contribution in [0.3, 0.4) is 0 Å². The number of carbonyl (C=O) groups is 4. The zero-order valence-electron chi connectivity index (χ0n) is 30.3. The predicted molar refractivity (Wildman–Crippen MR) is 191 cm³/mol. The Morgan fingerprint density at radius 3 is 2.27 bits per heavy atom. The molecule has 13 heteroatoms. The molecule has 2 aromatic carbocycles. The van der Waals surface area contributed by atoms with Gasteiger partial charge in [-0.1, -0.05) is 57.2 Å². The Kier molecular flexibility index (Phi) is 12.7. The number of nitrogens with zero attached hydrogens (tertiary/aromatic N) is 5. The highest BCUT2D eigenvalue weighted by atomic mass is 16.5. The van der Waals surface area contributed by atoms with Gasteiger partial charge in [0, 0.05) is 20.1 Å². The first kappa shape index (κ1) is 37.3. The summed E-state index contributed by atoms with van der Waals surface area (Å²) in [6, 6.07) is 12.3. The molecular formula is C38H51N7O6.